The fourth-order valence-corrected chi connectivity index (χ4v) is 6.22. The minimum atomic E-state index is -4.39. The van der Waals surface area contributed by atoms with Gasteiger partial charge in [-0.1, -0.05) is 12.8 Å². The quantitative estimate of drug-likeness (QED) is 0.703. The van der Waals surface area contributed by atoms with Crippen LogP contribution in [0.3, 0.4) is 0 Å². The summed E-state index contributed by atoms with van der Waals surface area (Å²) in [6.07, 6.45) is 0.878. The van der Waals surface area contributed by atoms with Crippen molar-refractivity contribution in [3.8, 4) is 0 Å². The van der Waals surface area contributed by atoms with Crippen LogP contribution in [0.4, 0.5) is 18.9 Å². The van der Waals surface area contributed by atoms with E-state index in [4.69, 9.17) is 4.74 Å². The van der Waals surface area contributed by atoms with Crippen molar-refractivity contribution < 1.29 is 22.7 Å². The summed E-state index contributed by atoms with van der Waals surface area (Å²) in [5, 5.41) is 3.10. The molecule has 5 rings (SSSR count). The molecule has 9 heteroatoms. The number of rotatable bonds is 5. The van der Waals surface area contributed by atoms with Crippen LogP contribution in [0, 0.1) is 5.92 Å². The van der Waals surface area contributed by atoms with Crippen molar-refractivity contribution in [2.24, 2.45) is 5.92 Å². The molecular weight excluding hydrogens is 445 g/mol. The van der Waals surface area contributed by atoms with Gasteiger partial charge in [0.25, 0.3) is 0 Å². The minimum absolute atomic E-state index is 0.0121. The molecule has 4 aliphatic rings. The number of carbonyl (C=O) groups excluding carboxylic acids is 1. The molecule has 0 aromatic heterocycles. The predicted molar refractivity (Wildman–Crippen MR) is 124 cm³/mol. The van der Waals surface area contributed by atoms with E-state index in [2.05, 4.69) is 20.0 Å². The lowest BCUT2D eigenvalue weighted by Gasteiger charge is -2.50. The van der Waals surface area contributed by atoms with Gasteiger partial charge >= 0.3 is 6.18 Å². The number of anilines is 1. The highest BCUT2D eigenvalue weighted by atomic mass is 19.4. The Morgan fingerprint density at radius 1 is 1.09 bits per heavy atom. The van der Waals surface area contributed by atoms with E-state index >= 15 is 0 Å². The highest BCUT2D eigenvalue weighted by Gasteiger charge is 2.43. The maximum Gasteiger partial charge on any atom is 0.416 e. The molecule has 2 unspecified atom stereocenters. The summed E-state index contributed by atoms with van der Waals surface area (Å²) in [6.45, 7) is 6.89. The molecular formula is C25H35F3N4O2. The van der Waals surface area contributed by atoms with Crippen LogP contribution in [0.15, 0.2) is 18.2 Å². The van der Waals surface area contributed by atoms with Gasteiger partial charge < -0.3 is 15.0 Å². The van der Waals surface area contributed by atoms with Crippen molar-refractivity contribution in [2.45, 2.75) is 50.4 Å². The number of fused-ring (bicyclic) bond motifs is 3. The molecule has 3 heterocycles. The van der Waals surface area contributed by atoms with E-state index < -0.39 is 11.7 Å². The number of benzene rings is 1. The molecule has 1 amide bonds. The summed E-state index contributed by atoms with van der Waals surface area (Å²) in [5.74, 6) is -0.399. The van der Waals surface area contributed by atoms with Crippen LogP contribution in [-0.2, 0) is 22.1 Å². The highest BCUT2D eigenvalue weighted by molar-refractivity contribution is 5.82. The molecule has 3 aliphatic heterocycles. The van der Waals surface area contributed by atoms with Crippen molar-refractivity contribution in [1.82, 2.24) is 15.1 Å². The first-order valence-corrected chi connectivity index (χ1v) is 12.7. The Morgan fingerprint density at radius 2 is 1.85 bits per heavy atom. The summed E-state index contributed by atoms with van der Waals surface area (Å²) >= 11 is 0. The minimum Gasteiger partial charge on any atom is -0.379 e. The third kappa shape index (κ3) is 5.06. The van der Waals surface area contributed by atoms with E-state index in [0.717, 1.165) is 45.0 Å². The number of hydrogen-bond acceptors (Lipinski definition) is 5. The third-order valence-electron chi connectivity index (χ3n) is 8.08. The molecule has 1 aliphatic carbocycles. The maximum absolute atomic E-state index is 13.4. The van der Waals surface area contributed by atoms with E-state index in [1.807, 2.05) is 0 Å². The van der Waals surface area contributed by atoms with Gasteiger partial charge in [-0.05, 0) is 43.0 Å². The zero-order valence-electron chi connectivity index (χ0n) is 19.7. The first-order chi connectivity index (χ1) is 16.4. The summed E-state index contributed by atoms with van der Waals surface area (Å²) in [7, 11) is 0. The molecule has 1 N–H and O–H groups in total. The van der Waals surface area contributed by atoms with Gasteiger partial charge in [0.1, 0.15) is 0 Å². The number of ether oxygens (including phenoxy) is 1. The second-order valence-corrected chi connectivity index (χ2v) is 10.1. The average Bonchev–Trinajstić information content (AvgIpc) is 3.38. The van der Waals surface area contributed by atoms with E-state index in [-0.39, 0.29) is 17.9 Å². The Bertz CT molecular complexity index is 868. The summed E-state index contributed by atoms with van der Waals surface area (Å²) in [5.41, 5.74) is 0.857. The number of piperazine rings is 1. The lowest BCUT2D eigenvalue weighted by molar-refractivity contribution is -0.137. The molecule has 0 spiro atoms. The van der Waals surface area contributed by atoms with Crippen LogP contribution in [0.25, 0.3) is 0 Å². The van der Waals surface area contributed by atoms with Crippen molar-refractivity contribution in [3.63, 3.8) is 0 Å². The van der Waals surface area contributed by atoms with Crippen molar-refractivity contribution in [1.29, 1.82) is 0 Å². The van der Waals surface area contributed by atoms with Crippen molar-refractivity contribution in [3.05, 3.63) is 29.3 Å². The largest absolute Gasteiger partial charge is 0.416 e. The summed E-state index contributed by atoms with van der Waals surface area (Å²) < 4.78 is 45.6. The smallest absolute Gasteiger partial charge is 0.379 e. The van der Waals surface area contributed by atoms with E-state index in [1.54, 1.807) is 6.07 Å². The van der Waals surface area contributed by atoms with Crippen molar-refractivity contribution >= 4 is 11.6 Å². The van der Waals surface area contributed by atoms with Gasteiger partial charge in [0.05, 0.1) is 30.7 Å². The molecule has 6 nitrogen and oxygen atoms in total. The average molecular weight is 481 g/mol. The van der Waals surface area contributed by atoms with Crippen LogP contribution in [0.5, 0.6) is 0 Å². The van der Waals surface area contributed by atoms with Gasteiger partial charge in [0.2, 0.25) is 5.91 Å². The molecule has 3 fully saturated rings. The van der Waals surface area contributed by atoms with Gasteiger partial charge in [-0.15, -0.1) is 0 Å². The first kappa shape index (κ1) is 23.9. The van der Waals surface area contributed by atoms with Crippen LogP contribution < -0.4 is 10.2 Å². The lowest BCUT2D eigenvalue weighted by atomic mass is 9.82. The van der Waals surface area contributed by atoms with Crippen molar-refractivity contribution in [2.75, 3.05) is 63.9 Å². The number of nitrogens with one attached hydrogen (secondary N) is 1. The fraction of sp³-hybridized carbons (Fsp3) is 0.720. The van der Waals surface area contributed by atoms with Crippen LogP contribution in [-0.4, -0.2) is 86.8 Å². The molecule has 0 radical (unpaired) electrons. The number of nitrogens with zero attached hydrogens (tertiary/aromatic N) is 3. The van der Waals surface area contributed by atoms with Crippen LogP contribution in [0.2, 0.25) is 0 Å². The maximum atomic E-state index is 13.4. The summed E-state index contributed by atoms with van der Waals surface area (Å²) in [4.78, 5) is 20.4. The van der Waals surface area contributed by atoms with E-state index in [0.29, 0.717) is 37.8 Å². The zero-order valence-corrected chi connectivity index (χ0v) is 19.7. The number of hydrogen-bond donors (Lipinski definition) is 1. The summed E-state index contributed by atoms with van der Waals surface area (Å²) in [6, 6.07) is 4.61. The standard InChI is InChI=1S/C25H35F3N4O2/c26-25(27,28)19-5-6-22-18(15-19)16-21(24(33)29-7-8-30-11-13-34-14-12-30)23-17-31(9-10-32(22)23)20-3-1-2-4-20/h5-6,15,20-21,23H,1-4,7-14,16-17H2,(H,29,33). The number of alkyl halides is 3. The fourth-order valence-electron chi connectivity index (χ4n) is 6.22. The topological polar surface area (TPSA) is 48.1 Å². The Balaban J connectivity index is 1.33. The predicted octanol–water partition coefficient (Wildman–Crippen LogP) is 2.76. The third-order valence-corrected chi connectivity index (χ3v) is 8.08. The lowest BCUT2D eigenvalue weighted by Crippen LogP contribution is -2.62. The molecule has 1 saturated carbocycles. The molecule has 1 aromatic rings. The second kappa shape index (κ2) is 10.0. The number of carbonyl (C=O) groups is 1. The monoisotopic (exact) mass is 480 g/mol. The SMILES string of the molecule is O=C(NCCN1CCOCC1)C1Cc2cc(C(F)(F)F)ccc2N2CCN(C3CCCC3)CC12. The Labute approximate surface area is 199 Å². The zero-order chi connectivity index (χ0) is 23.7. The normalized spacial score (nSPS) is 26.9. The molecule has 2 atom stereocenters. The molecule has 2 saturated heterocycles. The van der Waals surface area contributed by atoms with Crippen LogP contribution >= 0.6 is 0 Å². The van der Waals surface area contributed by atoms with E-state index in [1.165, 1.54) is 37.8 Å². The Kier molecular flexibility index (Phi) is 7.04. The van der Waals surface area contributed by atoms with Gasteiger partial charge in [-0.25, -0.2) is 0 Å². The molecule has 188 valence electrons. The van der Waals surface area contributed by atoms with Gasteiger partial charge in [0, 0.05) is 57.5 Å². The Hall–Kier alpha value is -1.84. The number of halogens is 3. The highest BCUT2D eigenvalue weighted by Crippen LogP contribution is 2.40. The molecule has 34 heavy (non-hydrogen) atoms. The van der Waals surface area contributed by atoms with Crippen LogP contribution in [0.1, 0.15) is 36.8 Å². The first-order valence-electron chi connectivity index (χ1n) is 12.7. The number of amides is 1. The molecule has 1 aromatic carbocycles. The Morgan fingerprint density at radius 3 is 2.59 bits per heavy atom. The van der Waals surface area contributed by atoms with E-state index in [9.17, 15) is 18.0 Å². The number of morpholine rings is 1. The second-order valence-electron chi connectivity index (χ2n) is 10.1. The molecule has 0 bridgehead atoms. The van der Waals surface area contributed by atoms with Gasteiger partial charge in [0.15, 0.2) is 0 Å². The van der Waals surface area contributed by atoms with Gasteiger partial charge in [-0.3, -0.25) is 14.6 Å². The van der Waals surface area contributed by atoms with Gasteiger partial charge in [-0.2, -0.15) is 13.2 Å².